The lowest BCUT2D eigenvalue weighted by atomic mass is 10.1. The third kappa shape index (κ3) is 3.56. The van der Waals surface area contributed by atoms with E-state index in [1.165, 1.54) is 0 Å². The number of carboxylic acid groups (broad SMARTS) is 1. The molecule has 0 saturated carbocycles. The average Bonchev–Trinajstić information content (AvgIpc) is 2.45. The Labute approximate surface area is 123 Å². The third-order valence-electron chi connectivity index (χ3n) is 3.37. The van der Waals surface area contributed by atoms with Gasteiger partial charge in [-0.1, -0.05) is 25.1 Å². The number of aliphatic carboxylic acids is 1. The van der Waals surface area contributed by atoms with Crippen LogP contribution in [0.5, 0.6) is 0 Å². The molecule has 2 N–H and O–H groups in total. The van der Waals surface area contributed by atoms with Crippen LogP contribution in [0.15, 0.2) is 30.3 Å². The molecule has 0 fully saturated rings. The number of nitrogens with one attached hydrogen (secondary N) is 1. The summed E-state index contributed by atoms with van der Waals surface area (Å²) in [4.78, 5) is 27.4. The molecule has 2 rings (SSSR count). The van der Waals surface area contributed by atoms with Crippen molar-refractivity contribution in [3.05, 3.63) is 41.6 Å². The van der Waals surface area contributed by atoms with Gasteiger partial charge in [0.25, 0.3) is 5.91 Å². The minimum atomic E-state index is -0.852. The molecular weight excluding hydrogens is 268 g/mol. The summed E-state index contributed by atoms with van der Waals surface area (Å²) >= 11 is 0. The molecule has 1 amide bonds. The van der Waals surface area contributed by atoms with Crippen molar-refractivity contribution in [1.82, 2.24) is 10.3 Å². The van der Waals surface area contributed by atoms with Gasteiger partial charge in [0.2, 0.25) is 0 Å². The number of hydrogen-bond acceptors (Lipinski definition) is 3. The maximum Gasteiger partial charge on any atom is 0.306 e. The number of rotatable bonds is 5. The molecule has 0 radical (unpaired) electrons. The summed E-state index contributed by atoms with van der Waals surface area (Å²) in [5.74, 6) is -1.52. The first kappa shape index (κ1) is 15.0. The molecule has 110 valence electrons. The van der Waals surface area contributed by atoms with Gasteiger partial charge in [0, 0.05) is 17.6 Å². The summed E-state index contributed by atoms with van der Waals surface area (Å²) in [6.07, 6.45) is 0.406. The summed E-state index contributed by atoms with van der Waals surface area (Å²) in [6.45, 7) is 3.80. The molecule has 1 unspecified atom stereocenters. The Bertz CT molecular complexity index is 682. The van der Waals surface area contributed by atoms with E-state index in [4.69, 9.17) is 5.11 Å². The molecule has 0 saturated heterocycles. The second kappa shape index (κ2) is 6.35. The molecule has 0 aliphatic rings. The number of amides is 1. The number of para-hydroxylation sites is 1. The number of carbonyl (C=O) groups is 2. The molecule has 0 aliphatic heterocycles. The highest BCUT2D eigenvalue weighted by Gasteiger charge is 2.14. The van der Waals surface area contributed by atoms with E-state index in [1.54, 1.807) is 13.0 Å². The quantitative estimate of drug-likeness (QED) is 0.884. The SMILES string of the molecule is Cc1cc(C(=O)NCCC(C)C(=O)O)c2ccccc2n1. The molecule has 0 spiro atoms. The summed E-state index contributed by atoms with van der Waals surface area (Å²) in [5.41, 5.74) is 2.13. The van der Waals surface area contributed by atoms with Gasteiger partial charge in [-0.05, 0) is 25.5 Å². The average molecular weight is 286 g/mol. The molecule has 1 atom stereocenters. The van der Waals surface area contributed by atoms with Gasteiger partial charge in [0.15, 0.2) is 0 Å². The van der Waals surface area contributed by atoms with Crippen molar-refractivity contribution in [1.29, 1.82) is 0 Å². The molecule has 2 aromatic rings. The zero-order valence-electron chi connectivity index (χ0n) is 12.1. The number of fused-ring (bicyclic) bond motifs is 1. The summed E-state index contributed by atoms with van der Waals surface area (Å²) in [5, 5.41) is 12.4. The molecule has 21 heavy (non-hydrogen) atoms. The number of carboxylic acids is 1. The van der Waals surface area contributed by atoms with Crippen LogP contribution in [-0.4, -0.2) is 28.5 Å². The second-order valence-electron chi connectivity index (χ2n) is 5.11. The molecule has 5 nitrogen and oxygen atoms in total. The number of aromatic nitrogens is 1. The predicted molar refractivity (Wildman–Crippen MR) is 80.2 cm³/mol. The first-order valence-electron chi connectivity index (χ1n) is 6.86. The van der Waals surface area contributed by atoms with Crippen molar-refractivity contribution >= 4 is 22.8 Å². The van der Waals surface area contributed by atoms with Gasteiger partial charge in [-0.3, -0.25) is 14.6 Å². The minimum absolute atomic E-state index is 0.200. The van der Waals surface area contributed by atoms with Crippen molar-refractivity contribution in [3.63, 3.8) is 0 Å². The van der Waals surface area contributed by atoms with Crippen LogP contribution >= 0.6 is 0 Å². The molecule has 5 heteroatoms. The van der Waals surface area contributed by atoms with E-state index in [0.717, 1.165) is 16.6 Å². The van der Waals surface area contributed by atoms with Crippen molar-refractivity contribution < 1.29 is 14.7 Å². The normalized spacial score (nSPS) is 12.1. The lowest BCUT2D eigenvalue weighted by molar-refractivity contribution is -0.141. The molecule has 1 aromatic heterocycles. The Morgan fingerprint density at radius 1 is 1.33 bits per heavy atom. The lowest BCUT2D eigenvalue weighted by Crippen LogP contribution is -2.27. The molecule has 1 heterocycles. The highest BCUT2D eigenvalue weighted by Crippen LogP contribution is 2.18. The van der Waals surface area contributed by atoms with E-state index in [1.807, 2.05) is 31.2 Å². The van der Waals surface area contributed by atoms with Gasteiger partial charge in [-0.2, -0.15) is 0 Å². The highest BCUT2D eigenvalue weighted by atomic mass is 16.4. The number of benzene rings is 1. The first-order chi connectivity index (χ1) is 9.99. The van der Waals surface area contributed by atoms with Crippen LogP contribution in [0.2, 0.25) is 0 Å². The summed E-state index contributed by atoms with van der Waals surface area (Å²) in [7, 11) is 0. The number of nitrogens with zero attached hydrogens (tertiary/aromatic N) is 1. The van der Waals surface area contributed by atoms with Gasteiger partial charge in [-0.25, -0.2) is 0 Å². The van der Waals surface area contributed by atoms with Gasteiger partial charge in [0.1, 0.15) is 0 Å². The smallest absolute Gasteiger partial charge is 0.306 e. The first-order valence-corrected chi connectivity index (χ1v) is 6.86. The monoisotopic (exact) mass is 286 g/mol. The molecule has 0 bridgehead atoms. The Balaban J connectivity index is 2.14. The van der Waals surface area contributed by atoms with E-state index >= 15 is 0 Å². The molecule has 1 aromatic carbocycles. The third-order valence-corrected chi connectivity index (χ3v) is 3.37. The van der Waals surface area contributed by atoms with E-state index in [-0.39, 0.29) is 5.91 Å². The van der Waals surface area contributed by atoms with E-state index in [0.29, 0.717) is 18.5 Å². The van der Waals surface area contributed by atoms with E-state index in [9.17, 15) is 9.59 Å². The lowest BCUT2D eigenvalue weighted by Gasteiger charge is -2.10. The van der Waals surface area contributed by atoms with E-state index < -0.39 is 11.9 Å². The van der Waals surface area contributed by atoms with Crippen molar-refractivity contribution in [2.75, 3.05) is 6.54 Å². The standard InChI is InChI=1S/C16H18N2O3/c1-10(16(20)21)7-8-17-15(19)13-9-11(2)18-14-6-4-3-5-12(13)14/h3-6,9-10H,7-8H2,1-2H3,(H,17,19)(H,20,21). The fourth-order valence-corrected chi connectivity index (χ4v) is 2.12. The predicted octanol–water partition coefficient (Wildman–Crippen LogP) is 2.38. The maximum atomic E-state index is 12.3. The Morgan fingerprint density at radius 2 is 2.05 bits per heavy atom. The summed E-state index contributed by atoms with van der Waals surface area (Å²) in [6, 6.07) is 9.22. The molecular formula is C16H18N2O3. The highest BCUT2D eigenvalue weighted by molar-refractivity contribution is 6.06. The fraction of sp³-hybridized carbons (Fsp3) is 0.312. The van der Waals surface area contributed by atoms with Crippen molar-refractivity contribution in [2.24, 2.45) is 5.92 Å². The summed E-state index contributed by atoms with van der Waals surface area (Å²) < 4.78 is 0. The Morgan fingerprint density at radius 3 is 2.76 bits per heavy atom. The van der Waals surface area contributed by atoms with Crippen LogP contribution in [0.3, 0.4) is 0 Å². The van der Waals surface area contributed by atoms with Crippen molar-refractivity contribution in [3.8, 4) is 0 Å². The van der Waals surface area contributed by atoms with Gasteiger partial charge in [0.05, 0.1) is 17.0 Å². The number of carbonyl (C=O) groups excluding carboxylic acids is 1. The van der Waals surface area contributed by atoms with Crippen molar-refractivity contribution in [2.45, 2.75) is 20.3 Å². The van der Waals surface area contributed by atoms with Gasteiger partial charge < -0.3 is 10.4 Å². The minimum Gasteiger partial charge on any atom is -0.481 e. The van der Waals surface area contributed by atoms with Crippen LogP contribution in [0.1, 0.15) is 29.4 Å². The number of pyridine rings is 1. The van der Waals surface area contributed by atoms with Crippen LogP contribution in [0.4, 0.5) is 0 Å². The fourth-order valence-electron chi connectivity index (χ4n) is 2.12. The van der Waals surface area contributed by atoms with Crippen LogP contribution in [0, 0.1) is 12.8 Å². The Hall–Kier alpha value is -2.43. The van der Waals surface area contributed by atoms with E-state index in [2.05, 4.69) is 10.3 Å². The zero-order valence-corrected chi connectivity index (χ0v) is 12.1. The maximum absolute atomic E-state index is 12.3. The molecule has 0 aliphatic carbocycles. The van der Waals surface area contributed by atoms with Crippen LogP contribution in [0.25, 0.3) is 10.9 Å². The van der Waals surface area contributed by atoms with Crippen LogP contribution in [-0.2, 0) is 4.79 Å². The van der Waals surface area contributed by atoms with Gasteiger partial charge >= 0.3 is 5.97 Å². The second-order valence-corrected chi connectivity index (χ2v) is 5.11. The Kier molecular flexibility index (Phi) is 4.52. The largest absolute Gasteiger partial charge is 0.481 e. The van der Waals surface area contributed by atoms with Gasteiger partial charge in [-0.15, -0.1) is 0 Å². The topological polar surface area (TPSA) is 79.3 Å². The van der Waals surface area contributed by atoms with Crippen LogP contribution < -0.4 is 5.32 Å². The number of hydrogen-bond donors (Lipinski definition) is 2. The zero-order chi connectivity index (χ0) is 15.4. The number of aryl methyl sites for hydroxylation is 1.